The van der Waals surface area contributed by atoms with Crippen LogP contribution in [0.1, 0.15) is 26.5 Å². The fourth-order valence-electron chi connectivity index (χ4n) is 1.69. The Labute approximate surface area is 124 Å². The van der Waals surface area contributed by atoms with Gasteiger partial charge in [-0.05, 0) is 23.8 Å². The molecule has 0 unspecified atom stereocenters. The van der Waals surface area contributed by atoms with Crippen LogP contribution in [0.5, 0.6) is 0 Å². The summed E-state index contributed by atoms with van der Waals surface area (Å²) < 4.78 is 9.37. The molecule has 1 heterocycles. The van der Waals surface area contributed by atoms with Crippen LogP contribution in [0, 0.1) is 10.1 Å². The second-order valence-electron chi connectivity index (χ2n) is 4.27. The molecule has 1 aromatic heterocycles. The fourth-order valence-corrected chi connectivity index (χ4v) is 1.69. The molecule has 1 amide bonds. The van der Waals surface area contributed by atoms with E-state index in [0.29, 0.717) is 5.56 Å². The summed E-state index contributed by atoms with van der Waals surface area (Å²) in [7, 11) is 1.29. The minimum Gasteiger partial charge on any atom is -0.465 e. The maximum absolute atomic E-state index is 11.8. The highest BCUT2D eigenvalue weighted by Gasteiger charge is 2.16. The van der Waals surface area contributed by atoms with Crippen LogP contribution in [-0.4, -0.2) is 23.9 Å². The van der Waals surface area contributed by atoms with Gasteiger partial charge in [-0.25, -0.2) is 4.79 Å². The summed E-state index contributed by atoms with van der Waals surface area (Å²) in [6.07, 6.45) is 0. The molecule has 0 bridgehead atoms. The lowest BCUT2D eigenvalue weighted by Crippen LogP contribution is -2.22. The van der Waals surface area contributed by atoms with Gasteiger partial charge in [-0.15, -0.1) is 0 Å². The standard InChI is InChI=1S/C14H12N2O6/c1-21-14(18)10-4-2-9(3-5-10)8-15-13(17)11-6-7-12(22-11)16(19)20/h2-7H,8H2,1H3,(H,15,17). The van der Waals surface area contributed by atoms with Gasteiger partial charge in [0.15, 0.2) is 5.76 Å². The first-order chi connectivity index (χ1) is 10.5. The molecule has 0 atom stereocenters. The number of benzene rings is 1. The van der Waals surface area contributed by atoms with Crippen molar-refractivity contribution in [3.8, 4) is 0 Å². The van der Waals surface area contributed by atoms with E-state index < -0.39 is 22.7 Å². The highest BCUT2D eigenvalue weighted by atomic mass is 16.6. The third-order valence-electron chi connectivity index (χ3n) is 2.82. The van der Waals surface area contributed by atoms with Gasteiger partial charge >= 0.3 is 11.9 Å². The molecule has 0 aliphatic heterocycles. The van der Waals surface area contributed by atoms with Crippen LogP contribution in [0.3, 0.4) is 0 Å². The van der Waals surface area contributed by atoms with E-state index in [0.717, 1.165) is 11.6 Å². The molecule has 0 aliphatic rings. The fraction of sp³-hybridized carbons (Fsp3) is 0.143. The zero-order valence-corrected chi connectivity index (χ0v) is 11.6. The average molecular weight is 304 g/mol. The van der Waals surface area contributed by atoms with E-state index in [2.05, 4.69) is 10.1 Å². The van der Waals surface area contributed by atoms with Gasteiger partial charge in [0.05, 0.1) is 18.7 Å². The van der Waals surface area contributed by atoms with Crippen LogP contribution < -0.4 is 5.32 Å². The number of hydrogen-bond donors (Lipinski definition) is 1. The van der Waals surface area contributed by atoms with Gasteiger partial charge in [-0.3, -0.25) is 14.9 Å². The normalized spacial score (nSPS) is 10.0. The monoisotopic (exact) mass is 304 g/mol. The molecule has 8 nitrogen and oxygen atoms in total. The Bertz CT molecular complexity index is 704. The van der Waals surface area contributed by atoms with E-state index in [1.165, 1.54) is 13.2 Å². The second-order valence-corrected chi connectivity index (χ2v) is 4.27. The first-order valence-corrected chi connectivity index (χ1v) is 6.21. The molecule has 2 aromatic rings. The molecular formula is C14H12N2O6. The Morgan fingerprint density at radius 3 is 2.45 bits per heavy atom. The summed E-state index contributed by atoms with van der Waals surface area (Å²) in [6, 6.07) is 8.82. The van der Waals surface area contributed by atoms with Crippen molar-refractivity contribution in [1.29, 1.82) is 0 Å². The third-order valence-corrected chi connectivity index (χ3v) is 2.82. The van der Waals surface area contributed by atoms with Crippen LogP contribution in [0.4, 0.5) is 5.88 Å². The zero-order chi connectivity index (χ0) is 16.1. The van der Waals surface area contributed by atoms with Crippen molar-refractivity contribution in [2.75, 3.05) is 7.11 Å². The van der Waals surface area contributed by atoms with E-state index in [-0.39, 0.29) is 12.3 Å². The summed E-state index contributed by atoms with van der Waals surface area (Å²) in [5, 5.41) is 13.0. The van der Waals surface area contributed by atoms with E-state index in [1.807, 2.05) is 0 Å². The first-order valence-electron chi connectivity index (χ1n) is 6.21. The molecule has 0 saturated carbocycles. The van der Waals surface area contributed by atoms with E-state index in [4.69, 9.17) is 4.42 Å². The summed E-state index contributed by atoms with van der Waals surface area (Å²) >= 11 is 0. The molecule has 8 heteroatoms. The van der Waals surface area contributed by atoms with Crippen molar-refractivity contribution in [1.82, 2.24) is 5.32 Å². The third kappa shape index (κ3) is 3.48. The summed E-state index contributed by atoms with van der Waals surface area (Å²) in [6.45, 7) is 0.189. The topological polar surface area (TPSA) is 112 Å². The molecular weight excluding hydrogens is 292 g/mol. The smallest absolute Gasteiger partial charge is 0.433 e. The van der Waals surface area contributed by atoms with Crippen LogP contribution in [0.25, 0.3) is 0 Å². The quantitative estimate of drug-likeness (QED) is 0.513. The number of hydrogen-bond acceptors (Lipinski definition) is 6. The molecule has 1 aromatic carbocycles. The highest BCUT2D eigenvalue weighted by molar-refractivity contribution is 5.91. The Morgan fingerprint density at radius 1 is 1.23 bits per heavy atom. The number of nitro groups is 1. The van der Waals surface area contributed by atoms with Crippen LogP contribution in [0.15, 0.2) is 40.8 Å². The molecule has 2 rings (SSSR count). The lowest BCUT2D eigenvalue weighted by atomic mass is 10.1. The van der Waals surface area contributed by atoms with E-state index >= 15 is 0 Å². The minimum atomic E-state index is -0.720. The van der Waals surface area contributed by atoms with Crippen LogP contribution in [-0.2, 0) is 11.3 Å². The molecule has 0 saturated heterocycles. The van der Waals surface area contributed by atoms with E-state index in [1.54, 1.807) is 24.3 Å². The summed E-state index contributed by atoms with van der Waals surface area (Å²) in [5.74, 6) is -1.64. The number of nitrogens with one attached hydrogen (secondary N) is 1. The Kier molecular flexibility index (Phi) is 4.52. The van der Waals surface area contributed by atoms with Gasteiger partial charge in [0.2, 0.25) is 0 Å². The predicted octanol–water partition coefficient (Wildman–Crippen LogP) is 1.90. The average Bonchev–Trinajstić information content (AvgIpc) is 3.02. The van der Waals surface area contributed by atoms with Crippen molar-refractivity contribution < 1.29 is 23.7 Å². The van der Waals surface area contributed by atoms with Gasteiger partial charge in [0.25, 0.3) is 5.91 Å². The molecule has 114 valence electrons. The van der Waals surface area contributed by atoms with Crippen molar-refractivity contribution in [2.45, 2.75) is 6.54 Å². The molecule has 0 aliphatic carbocycles. The van der Waals surface area contributed by atoms with Gasteiger partial charge in [0, 0.05) is 6.54 Å². The van der Waals surface area contributed by atoms with Gasteiger partial charge < -0.3 is 14.5 Å². The zero-order valence-electron chi connectivity index (χ0n) is 11.6. The minimum absolute atomic E-state index is 0.141. The second kappa shape index (κ2) is 6.53. The molecule has 22 heavy (non-hydrogen) atoms. The van der Waals surface area contributed by atoms with Gasteiger partial charge in [0.1, 0.15) is 4.92 Å². The van der Waals surface area contributed by atoms with Crippen LogP contribution in [0.2, 0.25) is 0 Å². The molecule has 1 N–H and O–H groups in total. The molecule has 0 radical (unpaired) electrons. The lowest BCUT2D eigenvalue weighted by Gasteiger charge is -2.04. The number of methoxy groups -OCH3 is 1. The Hall–Kier alpha value is -3.16. The SMILES string of the molecule is COC(=O)c1ccc(CNC(=O)c2ccc([N+](=O)[O-])o2)cc1. The van der Waals surface area contributed by atoms with Gasteiger partial charge in [-0.1, -0.05) is 12.1 Å². The lowest BCUT2D eigenvalue weighted by molar-refractivity contribution is -0.402. The maximum Gasteiger partial charge on any atom is 0.433 e. The Morgan fingerprint density at radius 2 is 1.91 bits per heavy atom. The van der Waals surface area contributed by atoms with E-state index in [9.17, 15) is 19.7 Å². The maximum atomic E-state index is 11.8. The number of esters is 1. The number of ether oxygens (including phenoxy) is 1. The van der Waals surface area contributed by atoms with Crippen molar-refractivity contribution in [3.63, 3.8) is 0 Å². The number of carbonyl (C=O) groups excluding carboxylic acids is 2. The summed E-state index contributed by atoms with van der Waals surface area (Å²) in [5.41, 5.74) is 1.15. The number of furan rings is 1. The molecule has 0 fully saturated rings. The largest absolute Gasteiger partial charge is 0.465 e. The number of rotatable bonds is 5. The first kappa shape index (κ1) is 15.2. The van der Waals surface area contributed by atoms with Crippen molar-refractivity contribution >= 4 is 17.8 Å². The predicted molar refractivity (Wildman–Crippen MR) is 74.3 cm³/mol. The number of nitrogens with zero attached hydrogens (tertiary/aromatic N) is 1. The van der Waals surface area contributed by atoms with Crippen molar-refractivity contribution in [2.24, 2.45) is 0 Å². The number of carbonyl (C=O) groups is 2. The highest BCUT2D eigenvalue weighted by Crippen LogP contribution is 2.15. The summed E-state index contributed by atoms with van der Waals surface area (Å²) in [4.78, 5) is 32.8. The molecule has 0 spiro atoms. The Balaban J connectivity index is 1.95. The van der Waals surface area contributed by atoms with Crippen molar-refractivity contribution in [3.05, 3.63) is 63.4 Å². The number of amides is 1. The van der Waals surface area contributed by atoms with Crippen LogP contribution >= 0.6 is 0 Å². The van der Waals surface area contributed by atoms with Gasteiger partial charge in [-0.2, -0.15) is 0 Å².